The van der Waals surface area contributed by atoms with E-state index in [1.807, 2.05) is 38.1 Å². The molecule has 0 aliphatic heterocycles. The maximum atomic E-state index is 7.37. The second-order valence-corrected chi connectivity index (χ2v) is 4.47. The van der Waals surface area contributed by atoms with Gasteiger partial charge >= 0.3 is 0 Å². The number of amidine groups is 1. The normalized spacial score (nSPS) is 10.2. The van der Waals surface area contributed by atoms with E-state index >= 15 is 0 Å². The molecule has 0 unspecified atom stereocenters. The highest BCUT2D eigenvalue weighted by atomic mass is 16.5. The topological polar surface area (TPSA) is 72.0 Å². The third-order valence-electron chi connectivity index (χ3n) is 2.89. The fourth-order valence-corrected chi connectivity index (χ4v) is 1.89. The van der Waals surface area contributed by atoms with E-state index in [0.717, 1.165) is 22.4 Å². The summed E-state index contributed by atoms with van der Waals surface area (Å²) in [5, 5.41) is 7.37. The van der Waals surface area contributed by atoms with Crippen LogP contribution >= 0.6 is 0 Å². The Morgan fingerprint density at radius 3 is 2.58 bits per heavy atom. The highest BCUT2D eigenvalue weighted by molar-refractivity contribution is 5.93. The van der Waals surface area contributed by atoms with Crippen LogP contribution in [0.25, 0.3) is 0 Å². The fraction of sp³-hybridized carbons (Fsp3) is 0.200. The van der Waals surface area contributed by atoms with Crippen molar-refractivity contribution in [2.24, 2.45) is 5.73 Å². The number of rotatable bonds is 4. The van der Waals surface area contributed by atoms with Crippen molar-refractivity contribution >= 4 is 5.84 Å². The Bertz CT molecular complexity index is 588. The summed E-state index contributed by atoms with van der Waals surface area (Å²) < 4.78 is 5.85. The van der Waals surface area contributed by atoms with Crippen molar-refractivity contribution < 1.29 is 4.74 Å². The molecule has 4 nitrogen and oxygen atoms in total. The van der Waals surface area contributed by atoms with Gasteiger partial charge in [-0.05, 0) is 42.7 Å². The number of hydrogen-bond acceptors (Lipinski definition) is 3. The summed E-state index contributed by atoms with van der Waals surface area (Å²) in [5.74, 6) is 0.873. The predicted molar refractivity (Wildman–Crippen MR) is 75.5 cm³/mol. The Balaban J connectivity index is 2.15. The van der Waals surface area contributed by atoms with Crippen LogP contribution < -0.4 is 10.5 Å². The van der Waals surface area contributed by atoms with Gasteiger partial charge in [0.1, 0.15) is 23.9 Å². The molecule has 98 valence electrons. The highest BCUT2D eigenvalue weighted by Crippen LogP contribution is 2.23. The zero-order valence-corrected chi connectivity index (χ0v) is 11.1. The van der Waals surface area contributed by atoms with Gasteiger partial charge in [-0.1, -0.05) is 18.2 Å². The van der Waals surface area contributed by atoms with Crippen LogP contribution in [-0.2, 0) is 6.61 Å². The van der Waals surface area contributed by atoms with Gasteiger partial charge in [-0.25, -0.2) is 0 Å². The molecule has 1 heterocycles. The van der Waals surface area contributed by atoms with E-state index in [1.165, 1.54) is 0 Å². The molecule has 2 aromatic rings. The summed E-state index contributed by atoms with van der Waals surface area (Å²) in [4.78, 5) is 4.02. The Kier molecular flexibility index (Phi) is 3.80. The number of pyridine rings is 1. The van der Waals surface area contributed by atoms with Crippen LogP contribution in [0.3, 0.4) is 0 Å². The molecule has 1 aromatic heterocycles. The predicted octanol–water partition coefficient (Wildman–Crippen LogP) is 2.56. The SMILES string of the molecule is Cc1cccc(C)c1OCc1ccnc(C(=N)N)c1. The van der Waals surface area contributed by atoms with Crippen LogP contribution in [-0.4, -0.2) is 10.8 Å². The number of nitrogens with two attached hydrogens (primary N) is 1. The van der Waals surface area contributed by atoms with Crippen molar-refractivity contribution in [1.82, 2.24) is 4.98 Å². The molecule has 0 bridgehead atoms. The van der Waals surface area contributed by atoms with Crippen molar-refractivity contribution in [3.05, 3.63) is 58.9 Å². The number of nitrogens with zero attached hydrogens (tertiary/aromatic N) is 1. The number of para-hydroxylation sites is 1. The Morgan fingerprint density at radius 1 is 1.26 bits per heavy atom. The molecule has 19 heavy (non-hydrogen) atoms. The fourth-order valence-electron chi connectivity index (χ4n) is 1.89. The van der Waals surface area contributed by atoms with Gasteiger partial charge in [-0.15, -0.1) is 0 Å². The van der Waals surface area contributed by atoms with E-state index in [2.05, 4.69) is 4.98 Å². The minimum absolute atomic E-state index is 0.0334. The van der Waals surface area contributed by atoms with E-state index in [-0.39, 0.29) is 5.84 Å². The summed E-state index contributed by atoms with van der Waals surface area (Å²) >= 11 is 0. The molecule has 0 saturated carbocycles. The van der Waals surface area contributed by atoms with Crippen molar-refractivity contribution in [2.45, 2.75) is 20.5 Å². The van der Waals surface area contributed by atoms with Crippen molar-refractivity contribution in [3.8, 4) is 5.75 Å². The largest absolute Gasteiger partial charge is 0.488 e. The van der Waals surface area contributed by atoms with Crippen LogP contribution in [0.15, 0.2) is 36.5 Å². The van der Waals surface area contributed by atoms with E-state index < -0.39 is 0 Å². The van der Waals surface area contributed by atoms with Gasteiger partial charge in [0.15, 0.2) is 0 Å². The first kappa shape index (κ1) is 13.1. The zero-order valence-electron chi connectivity index (χ0n) is 11.1. The highest BCUT2D eigenvalue weighted by Gasteiger charge is 2.05. The number of nitrogen functional groups attached to an aromatic ring is 1. The molecule has 4 heteroatoms. The Morgan fingerprint density at radius 2 is 1.95 bits per heavy atom. The Labute approximate surface area is 112 Å². The van der Waals surface area contributed by atoms with Gasteiger partial charge in [0.25, 0.3) is 0 Å². The van der Waals surface area contributed by atoms with E-state index in [9.17, 15) is 0 Å². The molecule has 3 N–H and O–H groups in total. The molecule has 0 radical (unpaired) electrons. The van der Waals surface area contributed by atoms with Gasteiger partial charge in [-0.3, -0.25) is 10.4 Å². The van der Waals surface area contributed by atoms with Crippen LogP contribution in [0.1, 0.15) is 22.4 Å². The number of aromatic nitrogens is 1. The zero-order chi connectivity index (χ0) is 13.8. The average molecular weight is 255 g/mol. The van der Waals surface area contributed by atoms with Crippen LogP contribution in [0.4, 0.5) is 0 Å². The van der Waals surface area contributed by atoms with E-state index in [1.54, 1.807) is 12.3 Å². The molecular formula is C15H17N3O. The molecule has 0 amide bonds. The van der Waals surface area contributed by atoms with Gasteiger partial charge < -0.3 is 10.5 Å². The second-order valence-electron chi connectivity index (χ2n) is 4.47. The molecule has 0 spiro atoms. The van der Waals surface area contributed by atoms with Crippen LogP contribution in [0, 0.1) is 19.3 Å². The third kappa shape index (κ3) is 3.10. The summed E-state index contributed by atoms with van der Waals surface area (Å²) in [5.41, 5.74) is 9.06. The maximum absolute atomic E-state index is 7.37. The van der Waals surface area contributed by atoms with Crippen LogP contribution in [0.2, 0.25) is 0 Å². The third-order valence-corrected chi connectivity index (χ3v) is 2.89. The second kappa shape index (κ2) is 5.52. The lowest BCUT2D eigenvalue weighted by Crippen LogP contribution is -2.13. The standard InChI is InChI=1S/C15H17N3O/c1-10-4-3-5-11(2)14(10)19-9-12-6-7-18-13(8-12)15(16)17/h3-8H,9H2,1-2H3,(H3,16,17). The smallest absolute Gasteiger partial charge is 0.141 e. The molecule has 1 aromatic carbocycles. The van der Waals surface area contributed by atoms with E-state index in [4.69, 9.17) is 15.9 Å². The molecule has 2 rings (SSSR count). The number of nitrogens with one attached hydrogen (secondary N) is 1. The summed E-state index contributed by atoms with van der Waals surface area (Å²) in [6, 6.07) is 9.69. The molecule has 0 saturated heterocycles. The lowest BCUT2D eigenvalue weighted by Gasteiger charge is -2.12. The van der Waals surface area contributed by atoms with Gasteiger partial charge in [0.05, 0.1) is 0 Å². The minimum atomic E-state index is -0.0334. The van der Waals surface area contributed by atoms with Gasteiger partial charge in [-0.2, -0.15) is 0 Å². The van der Waals surface area contributed by atoms with Gasteiger partial charge in [0, 0.05) is 6.20 Å². The lowest BCUT2D eigenvalue weighted by atomic mass is 10.1. The first-order valence-corrected chi connectivity index (χ1v) is 6.06. The number of benzene rings is 1. The minimum Gasteiger partial charge on any atom is -0.488 e. The molecule has 0 aliphatic rings. The Hall–Kier alpha value is -2.36. The summed E-state index contributed by atoms with van der Waals surface area (Å²) in [6.45, 7) is 4.49. The first-order chi connectivity index (χ1) is 9.08. The average Bonchev–Trinajstić information content (AvgIpc) is 2.38. The monoisotopic (exact) mass is 255 g/mol. The molecule has 0 aliphatic carbocycles. The molecule has 0 fully saturated rings. The van der Waals surface area contributed by atoms with Crippen molar-refractivity contribution in [2.75, 3.05) is 0 Å². The summed E-state index contributed by atoms with van der Waals surface area (Å²) in [7, 11) is 0. The van der Waals surface area contributed by atoms with Crippen LogP contribution in [0.5, 0.6) is 5.75 Å². The van der Waals surface area contributed by atoms with Crippen molar-refractivity contribution in [1.29, 1.82) is 5.41 Å². The van der Waals surface area contributed by atoms with E-state index in [0.29, 0.717) is 12.3 Å². The first-order valence-electron chi connectivity index (χ1n) is 6.06. The molecular weight excluding hydrogens is 238 g/mol. The summed E-state index contributed by atoms with van der Waals surface area (Å²) in [6.07, 6.45) is 1.64. The van der Waals surface area contributed by atoms with Gasteiger partial charge in [0.2, 0.25) is 0 Å². The quantitative estimate of drug-likeness (QED) is 0.651. The number of hydrogen-bond donors (Lipinski definition) is 2. The van der Waals surface area contributed by atoms with Crippen molar-refractivity contribution in [3.63, 3.8) is 0 Å². The number of ether oxygens (including phenoxy) is 1. The lowest BCUT2D eigenvalue weighted by molar-refractivity contribution is 0.302. The number of aryl methyl sites for hydroxylation is 2. The molecule has 0 atom stereocenters. The maximum Gasteiger partial charge on any atom is 0.141 e.